The Morgan fingerprint density at radius 2 is 1.96 bits per heavy atom. The fourth-order valence-corrected chi connectivity index (χ4v) is 2.61. The summed E-state index contributed by atoms with van der Waals surface area (Å²) in [5.74, 6) is -0.0916. The van der Waals surface area contributed by atoms with E-state index in [1.54, 1.807) is 26.2 Å². The molecule has 0 saturated heterocycles. The molecule has 0 fully saturated rings. The van der Waals surface area contributed by atoms with Gasteiger partial charge in [-0.15, -0.1) is 4.09 Å². The number of carbonyl (C=O) groups excluding carboxylic acids is 1. The fourth-order valence-electron chi connectivity index (χ4n) is 1.99. The zero-order valence-electron chi connectivity index (χ0n) is 12.7. The van der Waals surface area contributed by atoms with E-state index in [0.717, 1.165) is 5.56 Å². The van der Waals surface area contributed by atoms with Crippen molar-refractivity contribution in [1.29, 1.82) is 0 Å². The molecule has 2 N–H and O–H groups in total. The fraction of sp³-hybridized carbons (Fsp3) is 0.286. The van der Waals surface area contributed by atoms with Gasteiger partial charge in [-0.3, -0.25) is 0 Å². The van der Waals surface area contributed by atoms with Crippen LogP contribution in [0, 0.1) is 0 Å². The van der Waals surface area contributed by atoms with Gasteiger partial charge < -0.3 is 9.47 Å². The van der Waals surface area contributed by atoms with Crippen LogP contribution in [0.15, 0.2) is 30.3 Å². The third-order valence-corrected chi connectivity index (χ3v) is 3.76. The Hall–Kier alpha value is -2.39. The van der Waals surface area contributed by atoms with E-state index in [0.29, 0.717) is 22.0 Å². The topological polar surface area (TPSA) is 114 Å². The van der Waals surface area contributed by atoms with Gasteiger partial charge >= 0.3 is 16.2 Å². The first-order chi connectivity index (χ1) is 10.8. The minimum Gasteiger partial charge on any atom is -0.497 e. The standard InChI is InChI=1S/C14H17N3O5S/c1-3-22-14(18)13-9-11(16-17(13)23(15,19)20)8-10-4-6-12(21-2)7-5-10/h4-7,9H,3,8H2,1-2H3,(H2,15,19,20). The van der Waals surface area contributed by atoms with Crippen molar-refractivity contribution in [2.75, 3.05) is 13.7 Å². The Kier molecular flexibility index (Phi) is 5.02. The van der Waals surface area contributed by atoms with E-state index >= 15 is 0 Å². The molecule has 0 aliphatic rings. The van der Waals surface area contributed by atoms with Gasteiger partial charge in [0.2, 0.25) is 0 Å². The van der Waals surface area contributed by atoms with Crippen LogP contribution in [0.2, 0.25) is 0 Å². The number of ether oxygens (including phenoxy) is 2. The summed E-state index contributed by atoms with van der Waals surface area (Å²) in [4.78, 5) is 11.8. The smallest absolute Gasteiger partial charge is 0.357 e. The van der Waals surface area contributed by atoms with Crippen molar-refractivity contribution in [1.82, 2.24) is 9.19 Å². The SMILES string of the molecule is CCOC(=O)c1cc(Cc2ccc(OC)cc2)nn1S(N)(=O)=O. The van der Waals surface area contributed by atoms with Crippen LogP contribution in [0.1, 0.15) is 28.7 Å². The summed E-state index contributed by atoms with van der Waals surface area (Å²) in [5, 5.41) is 8.98. The molecular formula is C14H17N3O5S. The van der Waals surface area contributed by atoms with E-state index in [1.165, 1.54) is 6.07 Å². The van der Waals surface area contributed by atoms with Gasteiger partial charge in [0.1, 0.15) is 5.75 Å². The second-order valence-corrected chi connectivity index (χ2v) is 6.03. The Labute approximate surface area is 134 Å². The molecule has 0 atom stereocenters. The lowest BCUT2D eigenvalue weighted by Crippen LogP contribution is -2.27. The van der Waals surface area contributed by atoms with Crippen molar-refractivity contribution >= 4 is 16.2 Å². The van der Waals surface area contributed by atoms with Crippen molar-refractivity contribution in [3.8, 4) is 5.75 Å². The summed E-state index contributed by atoms with van der Waals surface area (Å²) < 4.78 is 33.5. The van der Waals surface area contributed by atoms with E-state index < -0.39 is 16.2 Å². The van der Waals surface area contributed by atoms with E-state index in [4.69, 9.17) is 14.6 Å². The highest BCUT2D eigenvalue weighted by Crippen LogP contribution is 2.16. The molecule has 23 heavy (non-hydrogen) atoms. The maximum atomic E-state index is 11.8. The molecule has 0 bridgehead atoms. The van der Waals surface area contributed by atoms with Crippen molar-refractivity contribution in [2.24, 2.45) is 5.14 Å². The van der Waals surface area contributed by atoms with Crippen LogP contribution in [0.5, 0.6) is 5.75 Å². The Balaban J connectivity index is 2.34. The largest absolute Gasteiger partial charge is 0.497 e. The molecule has 8 nitrogen and oxygen atoms in total. The van der Waals surface area contributed by atoms with Crippen LogP contribution in [-0.4, -0.2) is 37.3 Å². The Morgan fingerprint density at radius 1 is 1.30 bits per heavy atom. The predicted octanol–water partition coefficient (Wildman–Crippen LogP) is 0.711. The highest BCUT2D eigenvalue weighted by Gasteiger charge is 2.22. The molecule has 124 valence electrons. The first kappa shape index (κ1) is 17.0. The predicted molar refractivity (Wildman–Crippen MR) is 82.5 cm³/mol. The third-order valence-electron chi connectivity index (χ3n) is 3.00. The maximum Gasteiger partial charge on any atom is 0.357 e. The molecule has 0 aliphatic carbocycles. The van der Waals surface area contributed by atoms with Crippen LogP contribution < -0.4 is 9.88 Å². The van der Waals surface area contributed by atoms with Gasteiger partial charge in [0.05, 0.1) is 19.4 Å². The molecule has 0 radical (unpaired) electrons. The van der Waals surface area contributed by atoms with Gasteiger partial charge in [-0.1, -0.05) is 12.1 Å². The van der Waals surface area contributed by atoms with Crippen LogP contribution in [0.4, 0.5) is 0 Å². The number of carbonyl (C=O) groups is 1. The first-order valence-corrected chi connectivity index (χ1v) is 8.27. The summed E-state index contributed by atoms with van der Waals surface area (Å²) in [6, 6.07) is 8.54. The van der Waals surface area contributed by atoms with Gasteiger partial charge in [-0.25, -0.2) is 9.93 Å². The molecule has 1 aromatic carbocycles. The second-order valence-electron chi connectivity index (χ2n) is 4.65. The minimum absolute atomic E-state index is 0.114. The first-order valence-electron chi connectivity index (χ1n) is 6.77. The number of nitrogens with zero attached hydrogens (tertiary/aromatic N) is 2. The van der Waals surface area contributed by atoms with Gasteiger partial charge in [-0.05, 0) is 30.7 Å². The van der Waals surface area contributed by atoms with Crippen molar-refractivity contribution in [2.45, 2.75) is 13.3 Å². The number of rotatable bonds is 6. The molecule has 0 amide bonds. The lowest BCUT2D eigenvalue weighted by Gasteiger charge is -2.03. The summed E-state index contributed by atoms with van der Waals surface area (Å²) in [6.07, 6.45) is 0.332. The lowest BCUT2D eigenvalue weighted by atomic mass is 10.1. The van der Waals surface area contributed by atoms with Crippen molar-refractivity contribution < 1.29 is 22.7 Å². The quantitative estimate of drug-likeness (QED) is 0.775. The number of nitrogens with two attached hydrogens (primary N) is 1. The molecule has 9 heteroatoms. The maximum absolute atomic E-state index is 11.8. The molecule has 1 heterocycles. The third kappa shape index (κ3) is 4.08. The molecule has 0 saturated carbocycles. The lowest BCUT2D eigenvalue weighted by molar-refractivity contribution is 0.0517. The normalized spacial score (nSPS) is 11.3. The van der Waals surface area contributed by atoms with Crippen LogP contribution >= 0.6 is 0 Å². The number of hydrogen-bond donors (Lipinski definition) is 1. The highest BCUT2D eigenvalue weighted by atomic mass is 32.2. The summed E-state index contributed by atoms with van der Waals surface area (Å²) in [5.41, 5.74) is 1.03. The summed E-state index contributed by atoms with van der Waals surface area (Å²) >= 11 is 0. The van der Waals surface area contributed by atoms with Crippen LogP contribution in [0.3, 0.4) is 0 Å². The van der Waals surface area contributed by atoms with Gasteiger partial charge in [-0.2, -0.15) is 13.5 Å². The molecule has 2 rings (SSSR count). The van der Waals surface area contributed by atoms with Crippen molar-refractivity contribution in [3.63, 3.8) is 0 Å². The van der Waals surface area contributed by atoms with Crippen LogP contribution in [0.25, 0.3) is 0 Å². The summed E-state index contributed by atoms with van der Waals surface area (Å²) in [7, 11) is -2.63. The number of methoxy groups -OCH3 is 1. The van der Waals surface area contributed by atoms with Gasteiger partial charge in [0.15, 0.2) is 5.69 Å². The van der Waals surface area contributed by atoms with Gasteiger partial charge in [0.25, 0.3) is 0 Å². The molecule has 0 spiro atoms. The van der Waals surface area contributed by atoms with E-state index in [9.17, 15) is 13.2 Å². The monoisotopic (exact) mass is 339 g/mol. The number of benzene rings is 1. The van der Waals surface area contributed by atoms with E-state index in [2.05, 4.69) is 5.10 Å². The van der Waals surface area contributed by atoms with E-state index in [-0.39, 0.29) is 12.3 Å². The second kappa shape index (κ2) is 6.80. The number of esters is 1. The minimum atomic E-state index is -4.19. The highest BCUT2D eigenvalue weighted by molar-refractivity contribution is 7.87. The number of hydrogen-bond acceptors (Lipinski definition) is 6. The van der Waals surface area contributed by atoms with Crippen LogP contribution in [-0.2, 0) is 21.4 Å². The summed E-state index contributed by atoms with van der Waals surface area (Å²) in [6.45, 7) is 1.73. The molecule has 0 unspecified atom stereocenters. The molecular weight excluding hydrogens is 322 g/mol. The Bertz CT molecular complexity index is 796. The molecule has 0 aliphatic heterocycles. The van der Waals surface area contributed by atoms with E-state index in [1.807, 2.05) is 12.1 Å². The Morgan fingerprint density at radius 3 is 2.48 bits per heavy atom. The van der Waals surface area contributed by atoms with Crippen molar-refractivity contribution in [3.05, 3.63) is 47.3 Å². The van der Waals surface area contributed by atoms with Gasteiger partial charge in [0, 0.05) is 6.42 Å². The molecule has 2 aromatic rings. The zero-order chi connectivity index (χ0) is 17.0. The zero-order valence-corrected chi connectivity index (χ0v) is 13.5. The number of aromatic nitrogens is 2. The molecule has 1 aromatic heterocycles. The average Bonchev–Trinajstić information content (AvgIpc) is 2.92. The average molecular weight is 339 g/mol.